The number of fused-ring (bicyclic) bond motifs is 1. The van der Waals surface area contributed by atoms with Gasteiger partial charge < -0.3 is 4.74 Å². The molecule has 1 heterocycles. The van der Waals surface area contributed by atoms with E-state index in [9.17, 15) is 13.2 Å². The molecule has 0 saturated heterocycles. The van der Waals surface area contributed by atoms with Crippen molar-refractivity contribution in [3.8, 4) is 5.75 Å². The topological polar surface area (TPSA) is 76.0 Å². The maximum absolute atomic E-state index is 15.4. The Hall–Kier alpha value is -2.78. The summed E-state index contributed by atoms with van der Waals surface area (Å²) in [5, 5.41) is 0.642. The molecule has 1 aliphatic heterocycles. The third-order valence-electron chi connectivity index (χ3n) is 4.15. The van der Waals surface area contributed by atoms with E-state index in [2.05, 4.69) is 20.3 Å². The number of hydrogen-bond acceptors (Lipinski definition) is 4. The van der Waals surface area contributed by atoms with Gasteiger partial charge in [-0.25, -0.2) is 4.39 Å². The highest BCUT2D eigenvalue weighted by Gasteiger charge is 2.38. The third kappa shape index (κ3) is 3.27. The maximum Gasteiger partial charge on any atom is 0.352 e. The summed E-state index contributed by atoms with van der Waals surface area (Å²) in [5.74, 6) is -1.92. The second-order valence-corrected chi connectivity index (χ2v) is 8.38. The Balaban J connectivity index is 1.89. The largest absolute Gasteiger partial charge is 0.487 e. The molecule has 0 unspecified atom stereocenters. The standard InChI is InChI=1S/C19H12BrFN2O4S/c20-14-7-6-13-8-16(27-11-12-4-2-1-3-5-12)19(18(21)15(13)9-14)23-17(24)10-22-28(23,25)26/h1-10H,11H2. The molecule has 0 spiro atoms. The number of carbonyl (C=O) groups excluding carboxylic acids is 1. The van der Waals surface area contributed by atoms with Crippen LogP contribution in [0.1, 0.15) is 5.56 Å². The van der Waals surface area contributed by atoms with Gasteiger partial charge in [0, 0.05) is 9.86 Å². The summed E-state index contributed by atoms with van der Waals surface area (Å²) in [5.41, 5.74) is 0.320. The summed E-state index contributed by atoms with van der Waals surface area (Å²) in [6.07, 6.45) is 0.640. The minimum atomic E-state index is -4.37. The maximum atomic E-state index is 15.4. The molecule has 1 aliphatic rings. The molecule has 28 heavy (non-hydrogen) atoms. The molecule has 0 saturated carbocycles. The number of rotatable bonds is 4. The minimum absolute atomic E-state index is 0.0677. The van der Waals surface area contributed by atoms with Crippen LogP contribution in [0.5, 0.6) is 5.75 Å². The molecule has 1 amide bonds. The Morgan fingerprint density at radius 2 is 1.86 bits per heavy atom. The van der Waals surface area contributed by atoms with E-state index in [1.165, 1.54) is 12.1 Å². The van der Waals surface area contributed by atoms with E-state index >= 15 is 4.39 Å². The molecule has 0 fully saturated rings. The Labute approximate surface area is 168 Å². The smallest absolute Gasteiger partial charge is 0.352 e. The molecule has 3 aromatic carbocycles. The van der Waals surface area contributed by atoms with E-state index in [1.54, 1.807) is 12.1 Å². The van der Waals surface area contributed by atoms with Crippen molar-refractivity contribution in [2.45, 2.75) is 6.61 Å². The van der Waals surface area contributed by atoms with Crippen LogP contribution in [-0.4, -0.2) is 20.5 Å². The normalized spacial score (nSPS) is 15.4. The predicted molar refractivity (Wildman–Crippen MR) is 107 cm³/mol. The van der Waals surface area contributed by atoms with Crippen LogP contribution in [0.15, 0.2) is 63.5 Å². The number of ether oxygens (including phenoxy) is 1. The monoisotopic (exact) mass is 462 g/mol. The average molecular weight is 463 g/mol. The lowest BCUT2D eigenvalue weighted by Gasteiger charge is -2.20. The first-order valence-corrected chi connectivity index (χ1v) is 10.3. The molecule has 3 aromatic rings. The van der Waals surface area contributed by atoms with E-state index in [-0.39, 0.29) is 17.7 Å². The van der Waals surface area contributed by atoms with Crippen LogP contribution in [0.25, 0.3) is 10.8 Å². The van der Waals surface area contributed by atoms with Crippen LogP contribution in [0.4, 0.5) is 10.1 Å². The lowest BCUT2D eigenvalue weighted by Crippen LogP contribution is -2.32. The zero-order valence-corrected chi connectivity index (χ0v) is 16.6. The van der Waals surface area contributed by atoms with Crippen molar-refractivity contribution >= 4 is 54.7 Å². The Morgan fingerprint density at radius 1 is 1.11 bits per heavy atom. The number of halogens is 2. The van der Waals surface area contributed by atoms with Gasteiger partial charge in [-0.1, -0.05) is 52.3 Å². The van der Waals surface area contributed by atoms with Gasteiger partial charge in [0.25, 0.3) is 5.91 Å². The van der Waals surface area contributed by atoms with Crippen LogP contribution in [0, 0.1) is 5.82 Å². The zero-order chi connectivity index (χ0) is 19.9. The summed E-state index contributed by atoms with van der Waals surface area (Å²) >= 11 is 3.27. The number of carbonyl (C=O) groups is 1. The van der Waals surface area contributed by atoms with E-state index in [0.29, 0.717) is 20.4 Å². The van der Waals surface area contributed by atoms with Crippen molar-refractivity contribution in [1.29, 1.82) is 0 Å². The van der Waals surface area contributed by atoms with E-state index in [0.717, 1.165) is 5.56 Å². The predicted octanol–water partition coefficient (Wildman–Crippen LogP) is 3.98. The summed E-state index contributed by atoms with van der Waals surface area (Å²) in [7, 11) is -4.37. The van der Waals surface area contributed by atoms with Gasteiger partial charge in [0.1, 0.15) is 24.3 Å². The van der Waals surface area contributed by atoms with E-state index < -0.39 is 27.6 Å². The summed E-state index contributed by atoms with van der Waals surface area (Å²) in [6.45, 7) is 0.0677. The second-order valence-electron chi connectivity index (χ2n) is 5.99. The number of benzene rings is 3. The molecule has 0 radical (unpaired) electrons. The van der Waals surface area contributed by atoms with Gasteiger partial charge in [-0.05, 0) is 29.1 Å². The number of anilines is 1. The summed E-state index contributed by atoms with van der Waals surface area (Å²) in [6, 6.07) is 15.5. The lowest BCUT2D eigenvalue weighted by atomic mass is 10.1. The van der Waals surface area contributed by atoms with Gasteiger partial charge in [0.2, 0.25) is 0 Å². The van der Waals surface area contributed by atoms with Gasteiger partial charge in [0.15, 0.2) is 5.82 Å². The summed E-state index contributed by atoms with van der Waals surface area (Å²) < 4.78 is 49.7. The molecule has 6 nitrogen and oxygen atoms in total. The van der Waals surface area contributed by atoms with Crippen molar-refractivity contribution < 1.29 is 22.3 Å². The SMILES string of the molecule is O=C1C=NS(=O)(=O)N1c1c(OCc2ccccc2)cc2ccc(Br)cc2c1F. The van der Waals surface area contributed by atoms with Gasteiger partial charge >= 0.3 is 10.2 Å². The zero-order valence-electron chi connectivity index (χ0n) is 14.2. The van der Waals surface area contributed by atoms with Crippen molar-refractivity contribution in [2.75, 3.05) is 4.31 Å². The van der Waals surface area contributed by atoms with Crippen LogP contribution in [0.2, 0.25) is 0 Å². The molecular weight excluding hydrogens is 451 g/mol. The van der Waals surface area contributed by atoms with Crippen molar-refractivity contribution in [2.24, 2.45) is 4.40 Å². The first kappa shape index (κ1) is 18.6. The van der Waals surface area contributed by atoms with Crippen molar-refractivity contribution in [3.05, 3.63) is 70.5 Å². The molecular formula is C19H12BrFN2O4S. The Morgan fingerprint density at radius 3 is 2.54 bits per heavy atom. The van der Waals surface area contributed by atoms with Crippen LogP contribution < -0.4 is 9.04 Å². The van der Waals surface area contributed by atoms with E-state index in [1.807, 2.05) is 30.3 Å². The highest BCUT2D eigenvalue weighted by molar-refractivity contribution is 9.10. The number of hydrogen-bond donors (Lipinski definition) is 0. The van der Waals surface area contributed by atoms with E-state index in [4.69, 9.17) is 4.74 Å². The fraction of sp³-hybridized carbons (Fsp3) is 0.0526. The fourth-order valence-corrected chi connectivity index (χ4v) is 4.23. The number of nitrogens with zero attached hydrogens (tertiary/aromatic N) is 2. The third-order valence-corrected chi connectivity index (χ3v) is 5.84. The first-order valence-electron chi connectivity index (χ1n) is 8.10. The second kappa shape index (κ2) is 6.99. The average Bonchev–Trinajstić information content (AvgIpc) is 2.94. The lowest BCUT2D eigenvalue weighted by molar-refractivity contribution is -0.110. The Bertz CT molecular complexity index is 1230. The molecule has 0 aromatic heterocycles. The molecule has 4 rings (SSSR count). The van der Waals surface area contributed by atoms with Crippen molar-refractivity contribution in [1.82, 2.24) is 0 Å². The van der Waals surface area contributed by atoms with Gasteiger partial charge in [-0.3, -0.25) is 4.79 Å². The highest BCUT2D eigenvalue weighted by atomic mass is 79.9. The van der Waals surface area contributed by atoms with Gasteiger partial charge in [0.05, 0.1) is 0 Å². The molecule has 0 atom stereocenters. The quantitative estimate of drug-likeness (QED) is 0.587. The van der Waals surface area contributed by atoms with Gasteiger partial charge in [-0.2, -0.15) is 12.7 Å². The first-order chi connectivity index (χ1) is 13.4. The molecule has 142 valence electrons. The van der Waals surface area contributed by atoms with Crippen molar-refractivity contribution in [3.63, 3.8) is 0 Å². The van der Waals surface area contributed by atoms with Crippen LogP contribution in [-0.2, 0) is 21.6 Å². The highest BCUT2D eigenvalue weighted by Crippen LogP contribution is 2.40. The molecule has 0 aliphatic carbocycles. The van der Waals surface area contributed by atoms with Gasteiger partial charge in [-0.15, -0.1) is 4.40 Å². The van der Waals surface area contributed by atoms with Crippen LogP contribution in [0.3, 0.4) is 0 Å². The minimum Gasteiger partial charge on any atom is -0.487 e. The molecule has 0 N–H and O–H groups in total. The fourth-order valence-electron chi connectivity index (χ4n) is 2.87. The molecule has 0 bridgehead atoms. The van der Waals surface area contributed by atoms with Crippen LogP contribution >= 0.6 is 15.9 Å². The Kier molecular flexibility index (Phi) is 4.64. The number of amides is 1. The molecule has 9 heteroatoms. The summed E-state index contributed by atoms with van der Waals surface area (Å²) in [4.78, 5) is 12.1.